The minimum atomic E-state index is -0.0894. The van der Waals surface area contributed by atoms with Gasteiger partial charge in [-0.1, -0.05) is 60.7 Å². The zero-order valence-electron chi connectivity index (χ0n) is 16.9. The third kappa shape index (κ3) is 4.44. The van der Waals surface area contributed by atoms with E-state index in [1.54, 1.807) is 7.11 Å². The van der Waals surface area contributed by atoms with E-state index in [-0.39, 0.29) is 5.91 Å². The average molecular weight is 396 g/mol. The molecule has 1 N–H and O–H groups in total. The summed E-state index contributed by atoms with van der Waals surface area (Å²) in [6, 6.07) is 27.8. The Balaban J connectivity index is 1.51. The molecule has 0 aliphatic carbocycles. The molecule has 0 spiro atoms. The third-order valence-electron chi connectivity index (χ3n) is 5.07. The number of benzene rings is 3. The van der Waals surface area contributed by atoms with Crippen LogP contribution in [0.2, 0.25) is 0 Å². The van der Waals surface area contributed by atoms with Gasteiger partial charge in [0.15, 0.2) is 0 Å². The van der Waals surface area contributed by atoms with Crippen molar-refractivity contribution in [3.05, 3.63) is 102 Å². The van der Waals surface area contributed by atoms with Crippen LogP contribution in [0.25, 0.3) is 22.6 Å². The highest BCUT2D eigenvalue weighted by atomic mass is 16.5. The number of aromatic nitrogens is 1. The highest BCUT2D eigenvalue weighted by Crippen LogP contribution is 2.20. The first-order valence-corrected chi connectivity index (χ1v) is 9.98. The molecule has 0 fully saturated rings. The molecule has 1 heterocycles. The maximum absolute atomic E-state index is 13.0. The number of carbonyl (C=O) groups excluding carboxylic acids is 1. The van der Waals surface area contributed by atoms with E-state index >= 15 is 0 Å². The molecule has 0 aliphatic heterocycles. The SMILES string of the molecule is COc1ccc(/C=C(/C(=O)NCCn2ccc3ccccc32)c2ccccc2)cc1. The summed E-state index contributed by atoms with van der Waals surface area (Å²) in [5, 5.41) is 4.28. The number of ether oxygens (including phenoxy) is 1. The van der Waals surface area contributed by atoms with Crippen LogP contribution in [0.4, 0.5) is 0 Å². The second-order valence-electron chi connectivity index (χ2n) is 7.02. The Kier molecular flexibility index (Phi) is 5.95. The number of nitrogens with one attached hydrogen (secondary N) is 1. The van der Waals surface area contributed by atoms with E-state index < -0.39 is 0 Å². The molecule has 0 bridgehead atoms. The largest absolute Gasteiger partial charge is 0.497 e. The van der Waals surface area contributed by atoms with Gasteiger partial charge in [-0.25, -0.2) is 0 Å². The van der Waals surface area contributed by atoms with E-state index in [0.29, 0.717) is 18.7 Å². The van der Waals surface area contributed by atoms with E-state index in [1.807, 2.05) is 72.8 Å². The van der Waals surface area contributed by atoms with E-state index in [0.717, 1.165) is 16.9 Å². The fourth-order valence-electron chi connectivity index (χ4n) is 3.49. The van der Waals surface area contributed by atoms with Gasteiger partial charge >= 0.3 is 0 Å². The van der Waals surface area contributed by atoms with Crippen LogP contribution >= 0.6 is 0 Å². The van der Waals surface area contributed by atoms with Crippen LogP contribution in [0, 0.1) is 0 Å². The molecule has 0 saturated heterocycles. The van der Waals surface area contributed by atoms with Gasteiger partial charge in [0.1, 0.15) is 5.75 Å². The van der Waals surface area contributed by atoms with Crippen molar-refractivity contribution in [3.8, 4) is 5.75 Å². The molecule has 0 radical (unpaired) electrons. The van der Waals surface area contributed by atoms with Crippen molar-refractivity contribution in [2.45, 2.75) is 6.54 Å². The van der Waals surface area contributed by atoms with Crippen molar-refractivity contribution in [3.63, 3.8) is 0 Å². The Morgan fingerprint density at radius 1 is 0.933 bits per heavy atom. The normalized spacial score (nSPS) is 11.4. The van der Waals surface area contributed by atoms with Gasteiger partial charge in [0.05, 0.1) is 7.11 Å². The second kappa shape index (κ2) is 9.14. The van der Waals surface area contributed by atoms with Crippen LogP contribution < -0.4 is 10.1 Å². The number of fused-ring (bicyclic) bond motifs is 1. The minimum absolute atomic E-state index is 0.0894. The summed E-state index contributed by atoms with van der Waals surface area (Å²) in [6.45, 7) is 1.26. The highest BCUT2D eigenvalue weighted by Gasteiger charge is 2.12. The van der Waals surface area contributed by atoms with Crippen molar-refractivity contribution in [1.82, 2.24) is 9.88 Å². The summed E-state index contributed by atoms with van der Waals surface area (Å²) in [5.41, 5.74) is 3.64. The van der Waals surface area contributed by atoms with Gasteiger partial charge in [-0.2, -0.15) is 0 Å². The molecule has 0 atom stereocenters. The number of carbonyl (C=O) groups is 1. The Hall–Kier alpha value is -3.79. The van der Waals surface area contributed by atoms with Crippen molar-refractivity contribution in [2.75, 3.05) is 13.7 Å². The van der Waals surface area contributed by atoms with Crippen molar-refractivity contribution >= 4 is 28.5 Å². The monoisotopic (exact) mass is 396 g/mol. The maximum Gasteiger partial charge on any atom is 0.251 e. The molecule has 4 rings (SSSR count). The summed E-state index contributed by atoms with van der Waals surface area (Å²) in [4.78, 5) is 13.0. The van der Waals surface area contributed by atoms with Gasteiger partial charge < -0.3 is 14.6 Å². The summed E-state index contributed by atoms with van der Waals surface area (Å²) >= 11 is 0. The number of para-hydroxylation sites is 1. The molecule has 0 unspecified atom stereocenters. The Morgan fingerprint density at radius 3 is 2.43 bits per heavy atom. The molecule has 1 amide bonds. The number of amides is 1. The Morgan fingerprint density at radius 2 is 1.67 bits per heavy atom. The number of nitrogens with zero attached hydrogens (tertiary/aromatic N) is 1. The topological polar surface area (TPSA) is 43.3 Å². The first-order chi connectivity index (χ1) is 14.7. The van der Waals surface area contributed by atoms with E-state index in [1.165, 1.54) is 10.9 Å². The maximum atomic E-state index is 13.0. The molecular weight excluding hydrogens is 372 g/mol. The van der Waals surface area contributed by atoms with Gasteiger partial charge in [0.2, 0.25) is 0 Å². The molecule has 4 nitrogen and oxygen atoms in total. The lowest BCUT2D eigenvalue weighted by Crippen LogP contribution is -2.27. The molecule has 0 aliphatic rings. The zero-order chi connectivity index (χ0) is 20.8. The number of hydrogen-bond donors (Lipinski definition) is 1. The number of rotatable bonds is 7. The van der Waals surface area contributed by atoms with Crippen LogP contribution in [-0.2, 0) is 11.3 Å². The predicted octanol–water partition coefficient (Wildman–Crippen LogP) is 5.01. The van der Waals surface area contributed by atoms with Crippen LogP contribution in [0.1, 0.15) is 11.1 Å². The van der Waals surface area contributed by atoms with Gasteiger partial charge in [0, 0.05) is 30.4 Å². The fraction of sp³-hybridized carbons (Fsp3) is 0.115. The predicted molar refractivity (Wildman–Crippen MR) is 122 cm³/mol. The third-order valence-corrected chi connectivity index (χ3v) is 5.07. The van der Waals surface area contributed by atoms with Crippen molar-refractivity contribution < 1.29 is 9.53 Å². The van der Waals surface area contributed by atoms with Crippen molar-refractivity contribution in [1.29, 1.82) is 0 Å². The van der Waals surface area contributed by atoms with Gasteiger partial charge in [-0.3, -0.25) is 4.79 Å². The highest BCUT2D eigenvalue weighted by molar-refractivity contribution is 6.24. The first kappa shape index (κ1) is 19.5. The van der Waals surface area contributed by atoms with E-state index in [4.69, 9.17) is 4.74 Å². The van der Waals surface area contributed by atoms with Crippen LogP contribution in [0.3, 0.4) is 0 Å². The zero-order valence-corrected chi connectivity index (χ0v) is 16.9. The summed E-state index contributed by atoms with van der Waals surface area (Å²) in [5.74, 6) is 0.699. The van der Waals surface area contributed by atoms with Crippen LogP contribution in [0.15, 0.2) is 91.1 Å². The number of hydrogen-bond acceptors (Lipinski definition) is 2. The molecule has 3 aromatic carbocycles. The lowest BCUT2D eigenvalue weighted by Gasteiger charge is -2.11. The molecule has 150 valence electrons. The van der Waals surface area contributed by atoms with Crippen LogP contribution in [-0.4, -0.2) is 24.1 Å². The average Bonchev–Trinajstić information content (AvgIpc) is 3.21. The first-order valence-electron chi connectivity index (χ1n) is 9.98. The smallest absolute Gasteiger partial charge is 0.251 e. The van der Waals surface area contributed by atoms with Crippen molar-refractivity contribution in [2.24, 2.45) is 0 Å². The van der Waals surface area contributed by atoms with E-state index in [2.05, 4.69) is 34.3 Å². The molecular formula is C26H24N2O2. The molecule has 4 aromatic rings. The quantitative estimate of drug-likeness (QED) is 0.353. The number of methoxy groups -OCH3 is 1. The van der Waals surface area contributed by atoms with Gasteiger partial charge in [0.25, 0.3) is 5.91 Å². The molecule has 4 heteroatoms. The lowest BCUT2D eigenvalue weighted by molar-refractivity contribution is -0.115. The summed E-state index contributed by atoms with van der Waals surface area (Å²) in [6.07, 6.45) is 3.97. The van der Waals surface area contributed by atoms with Crippen LogP contribution in [0.5, 0.6) is 5.75 Å². The van der Waals surface area contributed by atoms with Gasteiger partial charge in [-0.05, 0) is 46.9 Å². The van der Waals surface area contributed by atoms with Gasteiger partial charge in [-0.15, -0.1) is 0 Å². The standard InChI is InChI=1S/C26H24N2O2/c1-30-23-13-11-20(12-14-23)19-24(21-7-3-2-4-8-21)26(29)27-16-18-28-17-15-22-9-5-6-10-25(22)28/h2-15,17,19H,16,18H2,1H3,(H,27,29)/b24-19+. The molecule has 1 aromatic heterocycles. The Bertz CT molecular complexity index is 1160. The Labute approximate surface area is 176 Å². The fourth-order valence-corrected chi connectivity index (χ4v) is 3.49. The minimum Gasteiger partial charge on any atom is -0.497 e. The lowest BCUT2D eigenvalue weighted by atomic mass is 10.0. The van der Waals surface area contributed by atoms with E-state index in [9.17, 15) is 4.79 Å². The molecule has 30 heavy (non-hydrogen) atoms. The summed E-state index contributed by atoms with van der Waals surface area (Å²) < 4.78 is 7.38. The summed E-state index contributed by atoms with van der Waals surface area (Å²) in [7, 11) is 1.64. The second-order valence-corrected chi connectivity index (χ2v) is 7.02. The molecule has 0 saturated carbocycles.